The second kappa shape index (κ2) is 11.0. The monoisotopic (exact) mass is 668 g/mol. The smallest absolute Gasteiger partial charge is 0.431 e. The Balaban J connectivity index is 1.40. The summed E-state index contributed by atoms with van der Waals surface area (Å²) >= 11 is 0. The van der Waals surface area contributed by atoms with Crippen LogP contribution in [0.15, 0.2) is 35.1 Å². The van der Waals surface area contributed by atoms with E-state index in [9.17, 15) is 18.7 Å². The molecule has 2 bridgehead atoms. The number of phenols is 1. The number of nitrogens with zero attached hydrogens (tertiary/aromatic N) is 5. The van der Waals surface area contributed by atoms with Gasteiger partial charge < -0.3 is 20.1 Å². The lowest BCUT2D eigenvalue weighted by Crippen LogP contribution is -2.51. The maximum atomic E-state index is 15.0. The van der Waals surface area contributed by atoms with Gasteiger partial charge in [0.25, 0.3) is 5.56 Å². The molecule has 9 nitrogen and oxygen atoms in total. The number of hydrogen-bond donors (Lipinski definition) is 2. The molecular formula is C34H31F5N6O3. The van der Waals surface area contributed by atoms with Crippen LogP contribution in [0.1, 0.15) is 46.1 Å². The number of phenolic OH excluding ortho intramolecular Hbond substituents is 1. The minimum Gasteiger partial charge on any atom is -0.508 e. The van der Waals surface area contributed by atoms with Crippen molar-refractivity contribution in [3.05, 3.63) is 57.8 Å². The summed E-state index contributed by atoms with van der Waals surface area (Å²) in [7, 11) is 0. The Hall–Kier alpha value is -4.48. The van der Waals surface area contributed by atoms with Gasteiger partial charge in [0, 0.05) is 49.6 Å². The summed E-state index contributed by atoms with van der Waals surface area (Å²) in [5, 5.41) is 13.6. The molecule has 250 valence electrons. The summed E-state index contributed by atoms with van der Waals surface area (Å²) in [6, 6.07) is 4.41. The number of anilines is 1. The van der Waals surface area contributed by atoms with Crippen molar-refractivity contribution in [1.82, 2.24) is 24.8 Å². The summed E-state index contributed by atoms with van der Waals surface area (Å²) in [6.07, 6.45) is 1.54. The highest BCUT2D eigenvalue weighted by molar-refractivity contribution is 5.97. The third kappa shape index (κ3) is 4.94. The molecule has 48 heavy (non-hydrogen) atoms. The normalized spacial score (nSPS) is 26.5. The van der Waals surface area contributed by atoms with E-state index in [0.29, 0.717) is 32.5 Å². The number of aromatic nitrogens is 3. The minimum atomic E-state index is -5.16. The fraction of sp³-hybridized carbons (Fsp3) is 0.441. The number of aromatic hydroxyl groups is 1. The minimum absolute atomic E-state index is 0.00122. The van der Waals surface area contributed by atoms with Gasteiger partial charge in [-0.25, -0.2) is 8.78 Å². The van der Waals surface area contributed by atoms with Crippen LogP contribution in [0.5, 0.6) is 11.8 Å². The first-order chi connectivity index (χ1) is 23.7. The molecule has 2 aromatic carbocycles. The summed E-state index contributed by atoms with van der Waals surface area (Å²) in [4.78, 5) is 26.6. The van der Waals surface area contributed by atoms with Crippen molar-refractivity contribution in [3.63, 3.8) is 0 Å². The molecule has 6 heterocycles. The van der Waals surface area contributed by atoms with E-state index in [1.54, 1.807) is 9.80 Å². The molecule has 0 saturated carbocycles. The molecule has 0 amide bonds. The van der Waals surface area contributed by atoms with Gasteiger partial charge in [-0.2, -0.15) is 23.1 Å². The molecule has 4 saturated heterocycles. The van der Waals surface area contributed by atoms with Crippen LogP contribution in [0, 0.1) is 18.2 Å². The van der Waals surface area contributed by atoms with Crippen molar-refractivity contribution in [3.8, 4) is 29.8 Å². The largest absolute Gasteiger partial charge is 0.508 e. The van der Waals surface area contributed by atoms with Gasteiger partial charge in [0.1, 0.15) is 41.3 Å². The number of pyridine rings is 1. The highest BCUT2D eigenvalue weighted by atomic mass is 19.4. The van der Waals surface area contributed by atoms with Gasteiger partial charge in [0.15, 0.2) is 0 Å². The predicted molar refractivity (Wildman–Crippen MR) is 168 cm³/mol. The van der Waals surface area contributed by atoms with E-state index < -0.39 is 70.0 Å². The molecule has 4 aromatic rings. The highest BCUT2D eigenvalue weighted by Gasteiger charge is 2.49. The number of rotatable bonds is 5. The van der Waals surface area contributed by atoms with Crippen LogP contribution < -0.4 is 20.5 Å². The molecule has 4 aliphatic heterocycles. The number of hydrogen-bond acceptors (Lipinski definition) is 8. The number of alkyl halides is 4. The average molecular weight is 669 g/mol. The lowest BCUT2D eigenvalue weighted by molar-refractivity contribution is -0.142. The van der Waals surface area contributed by atoms with Crippen molar-refractivity contribution in [2.75, 3.05) is 37.6 Å². The highest BCUT2D eigenvalue weighted by Crippen LogP contribution is 2.42. The lowest BCUT2D eigenvalue weighted by atomic mass is 9.95. The van der Waals surface area contributed by atoms with E-state index in [-0.39, 0.29) is 51.6 Å². The summed E-state index contributed by atoms with van der Waals surface area (Å²) in [5.74, 6) is 0.658. The SMILES string of the molecule is [2H]C([2H])(Oc1nc(N2C[C@H]3CC[C@@H](C2)N3)c2cc(C(F)(F)F)n(-c3cc(O)cc4ccc(F)c(C#C)c34)c(=O)c2n1)[C@@]12CCCN1C[C@H](F)C2. The van der Waals surface area contributed by atoms with Crippen molar-refractivity contribution in [1.29, 1.82) is 0 Å². The van der Waals surface area contributed by atoms with E-state index >= 15 is 13.2 Å². The number of nitrogens with one attached hydrogen (secondary N) is 1. The number of ether oxygens (including phenoxy) is 1. The van der Waals surface area contributed by atoms with E-state index in [1.165, 1.54) is 12.1 Å². The molecule has 4 atom stereocenters. The Morgan fingerprint density at radius 3 is 2.67 bits per heavy atom. The third-order valence-corrected chi connectivity index (χ3v) is 9.99. The van der Waals surface area contributed by atoms with Crippen LogP contribution in [-0.2, 0) is 6.18 Å². The molecule has 4 fully saturated rings. The lowest BCUT2D eigenvalue weighted by Gasteiger charge is -2.34. The van der Waals surface area contributed by atoms with Crippen molar-refractivity contribution >= 4 is 27.5 Å². The van der Waals surface area contributed by atoms with Gasteiger partial charge in [-0.3, -0.25) is 14.3 Å². The first kappa shape index (κ1) is 28.5. The number of terminal acetylenes is 1. The quantitative estimate of drug-likeness (QED) is 0.234. The van der Waals surface area contributed by atoms with Crippen LogP contribution in [-0.4, -0.2) is 81.1 Å². The molecule has 0 spiro atoms. The van der Waals surface area contributed by atoms with Crippen LogP contribution in [0.4, 0.5) is 27.8 Å². The molecule has 0 unspecified atom stereocenters. The molecule has 14 heteroatoms. The van der Waals surface area contributed by atoms with E-state index in [2.05, 4.69) is 21.2 Å². The summed E-state index contributed by atoms with van der Waals surface area (Å²) < 4.78 is 98.9. The fourth-order valence-corrected chi connectivity index (χ4v) is 7.97. The van der Waals surface area contributed by atoms with Gasteiger partial charge in [0.2, 0.25) is 0 Å². The second-order valence-corrected chi connectivity index (χ2v) is 13.0. The zero-order valence-electron chi connectivity index (χ0n) is 27.4. The van der Waals surface area contributed by atoms with Gasteiger partial charge in [-0.1, -0.05) is 12.0 Å². The first-order valence-electron chi connectivity index (χ1n) is 16.8. The van der Waals surface area contributed by atoms with Crippen LogP contribution in [0.3, 0.4) is 0 Å². The van der Waals surface area contributed by atoms with Crippen molar-refractivity contribution in [2.45, 2.75) is 62.1 Å². The topological polar surface area (TPSA) is 95.8 Å². The molecule has 2 N–H and O–H groups in total. The van der Waals surface area contributed by atoms with Crippen molar-refractivity contribution < 1.29 is 34.5 Å². The standard InChI is InChI=1S/C34H31F5N6O3/c1-2-23-25(36)7-4-18-10-22(46)11-26(28(18)23)45-27(34(37,38)39)12-24-29(31(45)47)41-32(42-30(24)43-15-20-5-6-21(16-43)40-20)48-17-33-8-3-9-44(33)14-19(35)13-33/h1,4,7,10-12,19-21,40,46H,3,5-6,8-9,13-17H2/t19-,20-,21+,33+/m1/s1/i17D2. The molecule has 2 aromatic heterocycles. The third-order valence-electron chi connectivity index (χ3n) is 9.99. The zero-order valence-corrected chi connectivity index (χ0v) is 25.4. The second-order valence-electron chi connectivity index (χ2n) is 13.0. The Bertz CT molecular complexity index is 2160. The summed E-state index contributed by atoms with van der Waals surface area (Å²) in [5.41, 5.74) is -5.60. The Morgan fingerprint density at radius 1 is 1.17 bits per heavy atom. The van der Waals surface area contributed by atoms with Gasteiger partial charge in [0.05, 0.1) is 24.9 Å². The van der Waals surface area contributed by atoms with Gasteiger partial charge in [-0.15, -0.1) is 6.42 Å². The number of benzene rings is 2. The van der Waals surface area contributed by atoms with Crippen molar-refractivity contribution in [2.24, 2.45) is 0 Å². The molecular weight excluding hydrogens is 635 g/mol. The first-order valence-corrected chi connectivity index (χ1v) is 15.8. The van der Waals surface area contributed by atoms with E-state index in [4.69, 9.17) is 13.9 Å². The fourth-order valence-electron chi connectivity index (χ4n) is 7.97. The molecule has 8 rings (SSSR count). The number of halogens is 5. The summed E-state index contributed by atoms with van der Waals surface area (Å²) in [6.45, 7) is -1.40. The van der Waals surface area contributed by atoms with Crippen LogP contribution >= 0.6 is 0 Å². The van der Waals surface area contributed by atoms with E-state index in [0.717, 1.165) is 31.0 Å². The predicted octanol–water partition coefficient (Wildman–Crippen LogP) is 4.67. The zero-order chi connectivity index (χ0) is 35.3. The maximum Gasteiger partial charge on any atom is 0.431 e. The number of fused-ring (bicyclic) bond motifs is 5. The Labute approximate surface area is 274 Å². The number of piperazine rings is 1. The maximum absolute atomic E-state index is 15.0. The Kier molecular flexibility index (Phi) is 6.55. The molecule has 4 aliphatic rings. The Morgan fingerprint density at radius 2 is 1.94 bits per heavy atom. The average Bonchev–Trinajstić information content (AvgIpc) is 3.71. The van der Waals surface area contributed by atoms with E-state index in [1.807, 2.05) is 0 Å². The van der Waals surface area contributed by atoms with Gasteiger partial charge >= 0.3 is 12.2 Å². The van der Waals surface area contributed by atoms with Crippen LogP contribution in [0.2, 0.25) is 0 Å². The molecule has 0 radical (unpaired) electrons. The molecule has 0 aliphatic carbocycles. The van der Waals surface area contributed by atoms with Crippen LogP contribution in [0.25, 0.3) is 27.4 Å². The van der Waals surface area contributed by atoms with Gasteiger partial charge in [-0.05, 0) is 55.8 Å².